The topological polar surface area (TPSA) is 81.8 Å². The maximum atomic E-state index is 12.4. The van der Waals surface area contributed by atoms with Crippen molar-refractivity contribution in [1.29, 1.82) is 0 Å². The minimum Gasteiger partial charge on any atom is -0.359 e. The van der Waals surface area contributed by atoms with Crippen LogP contribution in [0.5, 0.6) is 0 Å². The molecule has 0 aromatic heterocycles. The first-order valence-electron chi connectivity index (χ1n) is 6.73. The summed E-state index contributed by atoms with van der Waals surface area (Å²) in [4.78, 5) is 11.5. The van der Waals surface area contributed by atoms with Crippen LogP contribution in [0.1, 0.15) is 12.8 Å². The number of rotatable bonds is 3. The highest BCUT2D eigenvalue weighted by molar-refractivity contribution is 7.86. The number of hydrogen-bond acceptors (Lipinski definition) is 4. The number of hydrogen-bond donors (Lipinski definition) is 2. The van der Waals surface area contributed by atoms with Gasteiger partial charge in [0.05, 0.1) is 0 Å². The van der Waals surface area contributed by atoms with Crippen molar-refractivity contribution in [2.24, 2.45) is 5.92 Å². The number of amides is 1. The molecule has 0 aliphatic carbocycles. The highest BCUT2D eigenvalue weighted by Crippen LogP contribution is 2.21. The van der Waals surface area contributed by atoms with Crippen LogP contribution in [0.15, 0.2) is 0 Å². The minimum atomic E-state index is -3.35. The van der Waals surface area contributed by atoms with Crippen LogP contribution in [0, 0.1) is 5.92 Å². The van der Waals surface area contributed by atoms with Gasteiger partial charge >= 0.3 is 0 Å². The van der Waals surface area contributed by atoms with Crippen molar-refractivity contribution in [3.05, 3.63) is 0 Å². The summed E-state index contributed by atoms with van der Waals surface area (Å²) < 4.78 is 27.9. The molecule has 2 aliphatic heterocycles. The minimum absolute atomic E-state index is 0.0132. The first-order valence-corrected chi connectivity index (χ1v) is 8.13. The van der Waals surface area contributed by atoms with Gasteiger partial charge in [0.2, 0.25) is 5.91 Å². The van der Waals surface area contributed by atoms with Crippen molar-refractivity contribution < 1.29 is 13.2 Å². The quantitative estimate of drug-likeness (QED) is 0.669. The Bertz CT molecular complexity index is 412. The average molecular weight is 290 g/mol. The second-order valence-corrected chi connectivity index (χ2v) is 6.87. The number of piperidine rings is 1. The lowest BCUT2D eigenvalue weighted by Gasteiger charge is -2.35. The molecular formula is C11H22N4O3S. The molecule has 110 valence electrons. The van der Waals surface area contributed by atoms with Crippen molar-refractivity contribution in [3.8, 4) is 0 Å². The zero-order chi connectivity index (χ0) is 13.9. The Balaban J connectivity index is 1.94. The maximum Gasteiger partial charge on any atom is 0.282 e. The van der Waals surface area contributed by atoms with Gasteiger partial charge in [-0.1, -0.05) is 0 Å². The van der Waals surface area contributed by atoms with Crippen LogP contribution in [0.4, 0.5) is 0 Å². The van der Waals surface area contributed by atoms with Crippen LogP contribution >= 0.6 is 0 Å². The van der Waals surface area contributed by atoms with Crippen LogP contribution < -0.4 is 10.6 Å². The van der Waals surface area contributed by atoms with Gasteiger partial charge in [-0.15, -0.1) is 0 Å². The molecule has 2 N–H and O–H groups in total. The molecule has 0 unspecified atom stereocenters. The lowest BCUT2D eigenvalue weighted by molar-refractivity contribution is -0.125. The molecule has 7 nitrogen and oxygen atoms in total. The predicted molar refractivity (Wildman–Crippen MR) is 71.7 cm³/mol. The van der Waals surface area contributed by atoms with E-state index in [0.717, 1.165) is 0 Å². The first kappa shape index (κ1) is 14.7. The van der Waals surface area contributed by atoms with E-state index in [4.69, 9.17) is 0 Å². The molecule has 2 fully saturated rings. The maximum absolute atomic E-state index is 12.4. The molecule has 2 saturated heterocycles. The monoisotopic (exact) mass is 290 g/mol. The van der Waals surface area contributed by atoms with Crippen LogP contribution in [-0.2, 0) is 15.0 Å². The molecule has 0 spiro atoms. The van der Waals surface area contributed by atoms with E-state index in [-0.39, 0.29) is 11.8 Å². The third-order valence-electron chi connectivity index (χ3n) is 3.80. The average Bonchev–Trinajstić information content (AvgIpc) is 2.47. The predicted octanol–water partition coefficient (Wildman–Crippen LogP) is -1.41. The number of carbonyl (C=O) groups excluding carboxylic acids is 1. The van der Waals surface area contributed by atoms with Gasteiger partial charge in [-0.3, -0.25) is 4.79 Å². The largest absolute Gasteiger partial charge is 0.359 e. The summed E-state index contributed by atoms with van der Waals surface area (Å²) in [5.74, 6) is -0.0429. The molecule has 2 heterocycles. The molecule has 0 aromatic carbocycles. The van der Waals surface area contributed by atoms with E-state index >= 15 is 0 Å². The Morgan fingerprint density at radius 3 is 2.16 bits per heavy atom. The highest BCUT2D eigenvalue weighted by Gasteiger charge is 2.34. The summed E-state index contributed by atoms with van der Waals surface area (Å²) in [6.07, 6.45) is 1.20. The van der Waals surface area contributed by atoms with Gasteiger partial charge < -0.3 is 10.6 Å². The van der Waals surface area contributed by atoms with Crippen molar-refractivity contribution in [1.82, 2.24) is 19.2 Å². The number of nitrogens with one attached hydrogen (secondary N) is 2. The molecule has 19 heavy (non-hydrogen) atoms. The van der Waals surface area contributed by atoms with E-state index in [9.17, 15) is 13.2 Å². The van der Waals surface area contributed by atoms with Gasteiger partial charge in [0.1, 0.15) is 0 Å². The molecule has 8 heteroatoms. The summed E-state index contributed by atoms with van der Waals surface area (Å²) in [5.41, 5.74) is 0. The summed E-state index contributed by atoms with van der Waals surface area (Å²) in [7, 11) is -1.73. The lowest BCUT2D eigenvalue weighted by atomic mass is 9.97. The van der Waals surface area contributed by atoms with E-state index in [2.05, 4.69) is 10.6 Å². The normalized spacial score (nSPS) is 24.3. The molecule has 0 radical (unpaired) electrons. The SMILES string of the molecule is CNC(=O)C1CCN(S(=O)(=O)N2CCNCC2)CC1. The Morgan fingerprint density at radius 1 is 1.11 bits per heavy atom. The number of carbonyl (C=O) groups is 1. The summed E-state index contributed by atoms with van der Waals surface area (Å²) in [6, 6.07) is 0. The summed E-state index contributed by atoms with van der Waals surface area (Å²) in [6.45, 7) is 3.33. The van der Waals surface area contributed by atoms with E-state index < -0.39 is 10.2 Å². The molecule has 1 amide bonds. The fourth-order valence-corrected chi connectivity index (χ4v) is 4.23. The fourth-order valence-electron chi connectivity index (χ4n) is 2.59. The fraction of sp³-hybridized carbons (Fsp3) is 0.909. The zero-order valence-electron chi connectivity index (χ0n) is 11.3. The third-order valence-corrected chi connectivity index (χ3v) is 5.84. The number of piperazine rings is 1. The van der Waals surface area contributed by atoms with Gasteiger partial charge in [0, 0.05) is 52.2 Å². The Kier molecular flexibility index (Phi) is 4.77. The van der Waals surface area contributed by atoms with E-state index in [0.29, 0.717) is 52.1 Å². The van der Waals surface area contributed by atoms with Gasteiger partial charge in [-0.2, -0.15) is 17.0 Å². The molecule has 2 rings (SSSR count). The van der Waals surface area contributed by atoms with Crippen LogP contribution in [0.3, 0.4) is 0 Å². The van der Waals surface area contributed by atoms with Crippen LogP contribution in [-0.4, -0.2) is 69.3 Å². The van der Waals surface area contributed by atoms with Gasteiger partial charge in [0.15, 0.2) is 0 Å². The van der Waals surface area contributed by atoms with E-state index in [1.807, 2.05) is 0 Å². The highest BCUT2D eigenvalue weighted by atomic mass is 32.2. The van der Waals surface area contributed by atoms with Crippen LogP contribution in [0.2, 0.25) is 0 Å². The Hall–Kier alpha value is -0.700. The van der Waals surface area contributed by atoms with Crippen molar-refractivity contribution in [2.75, 3.05) is 46.3 Å². The van der Waals surface area contributed by atoms with Crippen molar-refractivity contribution in [3.63, 3.8) is 0 Å². The molecule has 0 bridgehead atoms. The van der Waals surface area contributed by atoms with Gasteiger partial charge in [-0.25, -0.2) is 0 Å². The van der Waals surface area contributed by atoms with E-state index in [1.165, 1.54) is 8.61 Å². The van der Waals surface area contributed by atoms with E-state index in [1.54, 1.807) is 7.05 Å². The second kappa shape index (κ2) is 6.17. The van der Waals surface area contributed by atoms with Gasteiger partial charge in [0.25, 0.3) is 10.2 Å². The van der Waals surface area contributed by atoms with Crippen LogP contribution in [0.25, 0.3) is 0 Å². The summed E-state index contributed by atoms with van der Waals surface area (Å²) >= 11 is 0. The second-order valence-electron chi connectivity index (χ2n) is 4.94. The number of nitrogens with zero attached hydrogens (tertiary/aromatic N) is 2. The van der Waals surface area contributed by atoms with Gasteiger partial charge in [-0.05, 0) is 12.8 Å². The van der Waals surface area contributed by atoms with Crippen molar-refractivity contribution in [2.45, 2.75) is 12.8 Å². The molecule has 2 aliphatic rings. The third kappa shape index (κ3) is 3.25. The smallest absolute Gasteiger partial charge is 0.282 e. The Morgan fingerprint density at radius 2 is 1.63 bits per heavy atom. The molecule has 0 atom stereocenters. The Labute approximate surface area is 114 Å². The standard InChI is InChI=1S/C11H22N4O3S/c1-12-11(16)10-2-6-14(7-3-10)19(17,18)15-8-4-13-5-9-15/h10,13H,2-9H2,1H3,(H,12,16). The van der Waals surface area contributed by atoms with Crippen molar-refractivity contribution >= 4 is 16.1 Å². The molecule has 0 aromatic rings. The molecule has 0 saturated carbocycles. The zero-order valence-corrected chi connectivity index (χ0v) is 12.1. The molecular weight excluding hydrogens is 268 g/mol. The summed E-state index contributed by atoms with van der Waals surface area (Å²) in [5, 5.41) is 5.77. The first-order chi connectivity index (χ1) is 9.05. The lowest BCUT2D eigenvalue weighted by Crippen LogP contribution is -2.53.